The quantitative estimate of drug-likeness (QED) is 0.399. The first-order valence-corrected chi connectivity index (χ1v) is 6.69. The first-order valence-electron chi connectivity index (χ1n) is 5.87. The van der Waals surface area contributed by atoms with Gasteiger partial charge < -0.3 is 0 Å². The third-order valence-electron chi connectivity index (χ3n) is 2.37. The van der Waals surface area contributed by atoms with Crippen LogP contribution in [0.5, 0.6) is 0 Å². The Hall–Kier alpha value is -2.02. The van der Waals surface area contributed by atoms with Crippen LogP contribution in [0.15, 0.2) is 59.5 Å². The summed E-state index contributed by atoms with van der Waals surface area (Å²) in [4.78, 5) is 11.7. The van der Waals surface area contributed by atoms with Gasteiger partial charge >= 0.3 is 0 Å². The summed E-state index contributed by atoms with van der Waals surface area (Å²) in [5.41, 5.74) is 1.58. The molecule has 0 fully saturated rings. The molecular formula is C16H13NOS. The fourth-order valence-corrected chi connectivity index (χ4v) is 2.04. The highest BCUT2D eigenvalue weighted by molar-refractivity contribution is 7.97. The molecule has 0 aromatic heterocycles. The zero-order valence-electron chi connectivity index (χ0n) is 10.3. The number of hydrogen-bond acceptors (Lipinski definition) is 3. The number of aldehydes is 1. The first kappa shape index (κ1) is 13.4. The molecule has 2 nitrogen and oxygen atoms in total. The highest BCUT2D eigenvalue weighted by Crippen LogP contribution is 2.12. The third kappa shape index (κ3) is 4.63. The number of carbonyl (C=O) groups is 1. The Balaban J connectivity index is 1.79. The molecule has 19 heavy (non-hydrogen) atoms. The van der Waals surface area contributed by atoms with Crippen molar-refractivity contribution in [2.75, 3.05) is 6.54 Å². The van der Waals surface area contributed by atoms with Gasteiger partial charge in [-0.2, -0.15) is 0 Å². The lowest BCUT2D eigenvalue weighted by molar-refractivity contribution is 0.112. The summed E-state index contributed by atoms with van der Waals surface area (Å²) in [5.74, 6) is 6.08. The van der Waals surface area contributed by atoms with Gasteiger partial charge in [-0.15, -0.1) is 0 Å². The van der Waals surface area contributed by atoms with E-state index in [1.165, 1.54) is 4.90 Å². The van der Waals surface area contributed by atoms with Gasteiger partial charge in [0.15, 0.2) is 0 Å². The van der Waals surface area contributed by atoms with Crippen molar-refractivity contribution < 1.29 is 4.79 Å². The molecule has 0 aliphatic rings. The van der Waals surface area contributed by atoms with Gasteiger partial charge in [-0.3, -0.25) is 4.79 Å². The summed E-state index contributed by atoms with van der Waals surface area (Å²) < 4.78 is 3.18. The highest BCUT2D eigenvalue weighted by Gasteiger charge is 1.90. The zero-order chi connectivity index (χ0) is 13.3. The van der Waals surface area contributed by atoms with Crippen LogP contribution in [0.4, 0.5) is 0 Å². The lowest BCUT2D eigenvalue weighted by Crippen LogP contribution is -2.02. The van der Waals surface area contributed by atoms with Gasteiger partial charge in [0.2, 0.25) is 0 Å². The smallest absolute Gasteiger partial charge is 0.150 e. The van der Waals surface area contributed by atoms with Gasteiger partial charge in [0.05, 0.1) is 6.54 Å². The van der Waals surface area contributed by atoms with Gasteiger partial charge in [-0.05, 0) is 36.2 Å². The van der Waals surface area contributed by atoms with Crippen LogP contribution in [0, 0.1) is 11.8 Å². The molecule has 0 unspecified atom stereocenters. The van der Waals surface area contributed by atoms with Gasteiger partial charge in [-0.1, -0.05) is 42.2 Å². The van der Waals surface area contributed by atoms with Crippen LogP contribution in [0.25, 0.3) is 0 Å². The van der Waals surface area contributed by atoms with Crippen LogP contribution in [-0.4, -0.2) is 12.8 Å². The van der Waals surface area contributed by atoms with Crippen molar-refractivity contribution in [2.45, 2.75) is 4.90 Å². The van der Waals surface area contributed by atoms with E-state index in [1.807, 2.05) is 42.5 Å². The maximum atomic E-state index is 10.5. The minimum Gasteiger partial charge on any atom is -0.298 e. The van der Waals surface area contributed by atoms with Crippen LogP contribution in [0.2, 0.25) is 0 Å². The Morgan fingerprint density at radius 3 is 2.47 bits per heavy atom. The number of benzene rings is 2. The normalized spacial score (nSPS) is 9.47. The van der Waals surface area contributed by atoms with E-state index in [1.54, 1.807) is 24.1 Å². The lowest BCUT2D eigenvalue weighted by Gasteiger charge is -1.98. The van der Waals surface area contributed by atoms with E-state index >= 15 is 0 Å². The van der Waals surface area contributed by atoms with E-state index in [0.29, 0.717) is 12.1 Å². The second-order valence-corrected chi connectivity index (χ2v) is 4.74. The molecule has 0 spiro atoms. The van der Waals surface area contributed by atoms with Gasteiger partial charge in [0.25, 0.3) is 0 Å². The lowest BCUT2D eigenvalue weighted by atomic mass is 10.1. The van der Waals surface area contributed by atoms with Gasteiger partial charge in [0.1, 0.15) is 6.29 Å². The van der Waals surface area contributed by atoms with Crippen molar-refractivity contribution in [3.63, 3.8) is 0 Å². The SMILES string of the molecule is O=Cc1ccc(C#CCNSc2ccccc2)cc1. The molecule has 2 aromatic rings. The fraction of sp³-hybridized carbons (Fsp3) is 0.0625. The molecule has 0 heterocycles. The van der Waals surface area contributed by atoms with E-state index < -0.39 is 0 Å². The first-order chi connectivity index (χ1) is 9.38. The summed E-state index contributed by atoms with van der Waals surface area (Å²) in [6.45, 7) is 0.606. The molecule has 0 bridgehead atoms. The molecule has 0 saturated heterocycles. The maximum Gasteiger partial charge on any atom is 0.150 e. The maximum absolute atomic E-state index is 10.5. The van der Waals surface area contributed by atoms with E-state index in [2.05, 4.69) is 16.6 Å². The highest BCUT2D eigenvalue weighted by atomic mass is 32.2. The summed E-state index contributed by atoms with van der Waals surface area (Å²) in [6, 6.07) is 17.3. The molecule has 0 saturated carbocycles. The summed E-state index contributed by atoms with van der Waals surface area (Å²) in [5, 5.41) is 0. The largest absolute Gasteiger partial charge is 0.298 e. The second kappa shape index (κ2) is 7.42. The predicted octanol–water partition coefficient (Wildman–Crippen LogP) is 3.15. The summed E-state index contributed by atoms with van der Waals surface area (Å²) in [7, 11) is 0. The standard InChI is InChI=1S/C16H13NOS/c18-13-15-10-8-14(9-11-15)5-4-12-17-19-16-6-2-1-3-7-16/h1-3,6-11,13,17H,12H2. The van der Waals surface area contributed by atoms with Crippen LogP contribution in [-0.2, 0) is 0 Å². The Bertz CT molecular complexity index is 582. The molecule has 0 atom stereocenters. The summed E-state index contributed by atoms with van der Waals surface area (Å²) >= 11 is 1.56. The number of hydrogen-bond donors (Lipinski definition) is 1. The molecule has 3 heteroatoms. The molecule has 0 amide bonds. The fourth-order valence-electron chi connectivity index (χ4n) is 1.44. The molecule has 2 aromatic carbocycles. The van der Waals surface area contributed by atoms with Crippen molar-refractivity contribution >= 4 is 18.2 Å². The molecule has 1 N–H and O–H groups in total. The molecule has 0 aliphatic heterocycles. The Labute approximate surface area is 117 Å². The minimum absolute atomic E-state index is 0.606. The molecule has 0 radical (unpaired) electrons. The second-order valence-electron chi connectivity index (χ2n) is 3.78. The molecular weight excluding hydrogens is 254 g/mol. The van der Waals surface area contributed by atoms with Crippen molar-refractivity contribution in [2.24, 2.45) is 0 Å². The molecule has 0 aliphatic carbocycles. The molecule has 2 rings (SSSR count). The number of nitrogens with one attached hydrogen (secondary N) is 1. The number of carbonyl (C=O) groups excluding carboxylic acids is 1. The van der Waals surface area contributed by atoms with Crippen molar-refractivity contribution in [3.05, 3.63) is 65.7 Å². The van der Waals surface area contributed by atoms with Crippen LogP contribution in [0.3, 0.4) is 0 Å². The molecule has 94 valence electrons. The van der Waals surface area contributed by atoms with E-state index in [9.17, 15) is 4.79 Å². The van der Waals surface area contributed by atoms with Gasteiger partial charge in [0, 0.05) is 16.0 Å². The van der Waals surface area contributed by atoms with Crippen LogP contribution < -0.4 is 4.72 Å². The Kier molecular flexibility index (Phi) is 5.24. The van der Waals surface area contributed by atoms with Crippen LogP contribution >= 0.6 is 11.9 Å². The van der Waals surface area contributed by atoms with Crippen LogP contribution in [0.1, 0.15) is 15.9 Å². The van der Waals surface area contributed by atoms with Crippen molar-refractivity contribution in [1.82, 2.24) is 4.72 Å². The van der Waals surface area contributed by atoms with E-state index in [-0.39, 0.29) is 0 Å². The zero-order valence-corrected chi connectivity index (χ0v) is 11.1. The van der Waals surface area contributed by atoms with Gasteiger partial charge in [-0.25, -0.2) is 4.72 Å². The Morgan fingerprint density at radius 2 is 1.79 bits per heavy atom. The third-order valence-corrected chi connectivity index (χ3v) is 3.17. The average Bonchev–Trinajstić information content (AvgIpc) is 2.49. The number of rotatable bonds is 4. The van der Waals surface area contributed by atoms with E-state index in [0.717, 1.165) is 11.8 Å². The summed E-state index contributed by atoms with van der Waals surface area (Å²) in [6.07, 6.45) is 0.829. The average molecular weight is 267 g/mol. The predicted molar refractivity (Wildman–Crippen MR) is 79.0 cm³/mol. The van der Waals surface area contributed by atoms with E-state index in [4.69, 9.17) is 0 Å². The minimum atomic E-state index is 0.606. The van der Waals surface area contributed by atoms with Crippen molar-refractivity contribution in [3.8, 4) is 11.8 Å². The Morgan fingerprint density at radius 1 is 1.05 bits per heavy atom. The van der Waals surface area contributed by atoms with Crippen molar-refractivity contribution in [1.29, 1.82) is 0 Å². The monoisotopic (exact) mass is 267 g/mol. The topological polar surface area (TPSA) is 29.1 Å².